The van der Waals surface area contributed by atoms with Crippen LogP contribution in [-0.2, 0) is 4.79 Å². The first-order chi connectivity index (χ1) is 13.0. The molecular formula is C23H26N2OS. The van der Waals surface area contributed by atoms with E-state index in [1.165, 1.54) is 10.4 Å². The Kier molecular flexibility index (Phi) is 6.09. The van der Waals surface area contributed by atoms with E-state index in [9.17, 15) is 4.79 Å². The van der Waals surface area contributed by atoms with Crippen molar-refractivity contribution in [3.63, 3.8) is 0 Å². The molecule has 0 aliphatic carbocycles. The van der Waals surface area contributed by atoms with Crippen LogP contribution >= 0.6 is 11.3 Å². The molecule has 1 amide bonds. The molecular weight excluding hydrogens is 352 g/mol. The molecule has 27 heavy (non-hydrogen) atoms. The molecule has 2 atom stereocenters. The van der Waals surface area contributed by atoms with Crippen LogP contribution in [0.4, 0.5) is 5.69 Å². The largest absolute Gasteiger partial charge is 0.324 e. The van der Waals surface area contributed by atoms with Gasteiger partial charge in [0.2, 0.25) is 5.91 Å². The average molecular weight is 379 g/mol. The van der Waals surface area contributed by atoms with Crippen LogP contribution in [0.15, 0.2) is 60.0 Å². The van der Waals surface area contributed by atoms with Gasteiger partial charge >= 0.3 is 0 Å². The lowest BCUT2D eigenvalue weighted by atomic mass is 10.0. The molecule has 0 spiro atoms. The van der Waals surface area contributed by atoms with E-state index in [4.69, 9.17) is 0 Å². The Hall–Kier alpha value is -2.43. The molecule has 0 fully saturated rings. The van der Waals surface area contributed by atoms with E-state index in [1.807, 2.05) is 45.0 Å². The second-order valence-electron chi connectivity index (χ2n) is 7.01. The Balaban J connectivity index is 1.78. The summed E-state index contributed by atoms with van der Waals surface area (Å²) in [5.41, 5.74) is 5.45. The van der Waals surface area contributed by atoms with Gasteiger partial charge in [0.05, 0.1) is 12.1 Å². The summed E-state index contributed by atoms with van der Waals surface area (Å²) >= 11 is 1.70. The molecule has 0 bridgehead atoms. The second kappa shape index (κ2) is 8.51. The molecule has 3 aromatic rings. The first kappa shape index (κ1) is 19.3. The van der Waals surface area contributed by atoms with E-state index in [1.54, 1.807) is 11.3 Å². The van der Waals surface area contributed by atoms with Gasteiger partial charge in [-0.3, -0.25) is 10.1 Å². The summed E-state index contributed by atoms with van der Waals surface area (Å²) < 4.78 is 0. The molecule has 1 aromatic heterocycles. The summed E-state index contributed by atoms with van der Waals surface area (Å²) in [4.78, 5) is 14.1. The van der Waals surface area contributed by atoms with Crippen LogP contribution in [0.1, 0.15) is 40.1 Å². The molecule has 2 aromatic carbocycles. The molecule has 0 saturated heterocycles. The number of carbonyl (C=O) groups excluding carboxylic acids is 1. The minimum absolute atomic E-state index is 0.00726. The number of thiophene rings is 1. The van der Waals surface area contributed by atoms with E-state index >= 15 is 0 Å². The maximum absolute atomic E-state index is 12.9. The molecule has 0 aliphatic heterocycles. The Labute approximate surface area is 165 Å². The van der Waals surface area contributed by atoms with Crippen molar-refractivity contribution in [3.8, 4) is 0 Å². The molecule has 4 heteroatoms. The fraction of sp³-hybridized carbons (Fsp3) is 0.261. The zero-order chi connectivity index (χ0) is 19.4. The van der Waals surface area contributed by atoms with Gasteiger partial charge in [-0.25, -0.2) is 0 Å². The second-order valence-corrected chi connectivity index (χ2v) is 7.99. The highest BCUT2D eigenvalue weighted by Gasteiger charge is 2.22. The van der Waals surface area contributed by atoms with Gasteiger partial charge in [0, 0.05) is 10.6 Å². The molecule has 140 valence electrons. The van der Waals surface area contributed by atoms with Crippen molar-refractivity contribution in [2.45, 2.75) is 39.8 Å². The molecule has 3 rings (SSSR count). The van der Waals surface area contributed by atoms with Crippen molar-refractivity contribution < 1.29 is 4.79 Å². The van der Waals surface area contributed by atoms with Crippen LogP contribution < -0.4 is 10.6 Å². The third-order valence-corrected chi connectivity index (χ3v) is 5.63. The summed E-state index contributed by atoms with van der Waals surface area (Å²) in [6.45, 7) is 8.05. The van der Waals surface area contributed by atoms with Gasteiger partial charge in [0.15, 0.2) is 0 Å². The average Bonchev–Trinajstić information content (AvgIpc) is 3.17. The first-order valence-electron chi connectivity index (χ1n) is 9.19. The summed E-state index contributed by atoms with van der Waals surface area (Å²) in [7, 11) is 0. The molecule has 2 N–H and O–H groups in total. The fourth-order valence-electron chi connectivity index (χ4n) is 3.38. The van der Waals surface area contributed by atoms with Crippen molar-refractivity contribution in [1.29, 1.82) is 0 Å². The van der Waals surface area contributed by atoms with Gasteiger partial charge in [0.25, 0.3) is 0 Å². The molecule has 0 radical (unpaired) electrons. The van der Waals surface area contributed by atoms with Gasteiger partial charge in [-0.15, -0.1) is 11.3 Å². The van der Waals surface area contributed by atoms with Gasteiger partial charge in [-0.1, -0.05) is 54.1 Å². The fourth-order valence-corrected chi connectivity index (χ4v) is 4.19. The van der Waals surface area contributed by atoms with E-state index in [0.717, 1.165) is 22.4 Å². The van der Waals surface area contributed by atoms with Crippen molar-refractivity contribution in [2.75, 3.05) is 5.32 Å². The highest BCUT2D eigenvalue weighted by Crippen LogP contribution is 2.27. The lowest BCUT2D eigenvalue weighted by molar-refractivity contribution is -0.117. The van der Waals surface area contributed by atoms with Gasteiger partial charge in [0.1, 0.15) is 0 Å². The normalized spacial score (nSPS) is 13.2. The molecule has 3 nitrogen and oxygen atoms in total. The Morgan fingerprint density at radius 1 is 0.963 bits per heavy atom. The smallest absolute Gasteiger partial charge is 0.241 e. The monoisotopic (exact) mass is 378 g/mol. The number of hydrogen-bond donors (Lipinski definition) is 2. The maximum Gasteiger partial charge on any atom is 0.241 e. The number of aryl methyl sites for hydroxylation is 3. The predicted octanol–water partition coefficient (Wildman–Crippen LogP) is 5.38. The number of carbonyl (C=O) groups is 1. The van der Waals surface area contributed by atoms with Crippen molar-refractivity contribution >= 4 is 22.9 Å². The van der Waals surface area contributed by atoms with Crippen molar-refractivity contribution in [2.24, 2.45) is 0 Å². The first-order valence-corrected chi connectivity index (χ1v) is 10.1. The number of nitrogens with one attached hydrogen (secondary N) is 2. The van der Waals surface area contributed by atoms with E-state index in [0.29, 0.717) is 0 Å². The number of rotatable bonds is 6. The molecule has 0 saturated carbocycles. The summed E-state index contributed by atoms with van der Waals surface area (Å²) in [5, 5.41) is 8.68. The minimum Gasteiger partial charge on any atom is -0.324 e. The number of anilines is 1. The summed E-state index contributed by atoms with van der Waals surface area (Å²) in [5.74, 6) is -0.0254. The zero-order valence-electron chi connectivity index (χ0n) is 16.2. The lowest BCUT2D eigenvalue weighted by Gasteiger charge is -2.23. The molecule has 1 heterocycles. The molecule has 0 unspecified atom stereocenters. The number of benzene rings is 2. The highest BCUT2D eigenvalue weighted by molar-refractivity contribution is 7.10. The number of amides is 1. The maximum atomic E-state index is 12.9. The van der Waals surface area contributed by atoms with Gasteiger partial charge < -0.3 is 5.32 Å². The topological polar surface area (TPSA) is 41.1 Å². The van der Waals surface area contributed by atoms with Crippen LogP contribution in [-0.4, -0.2) is 11.9 Å². The highest BCUT2D eigenvalue weighted by atomic mass is 32.1. The van der Waals surface area contributed by atoms with E-state index < -0.39 is 0 Å². The van der Waals surface area contributed by atoms with E-state index in [-0.39, 0.29) is 18.0 Å². The van der Waals surface area contributed by atoms with Crippen LogP contribution in [0.3, 0.4) is 0 Å². The third kappa shape index (κ3) is 4.65. The number of hydrogen-bond acceptors (Lipinski definition) is 3. The predicted molar refractivity (Wildman–Crippen MR) is 114 cm³/mol. The van der Waals surface area contributed by atoms with Crippen molar-refractivity contribution in [1.82, 2.24) is 5.32 Å². The van der Waals surface area contributed by atoms with Crippen LogP contribution in [0.25, 0.3) is 0 Å². The molecule has 0 aliphatic rings. The Bertz CT molecular complexity index is 880. The zero-order valence-corrected chi connectivity index (χ0v) is 17.1. The van der Waals surface area contributed by atoms with Gasteiger partial charge in [-0.2, -0.15) is 0 Å². The third-order valence-electron chi connectivity index (χ3n) is 4.70. The quantitative estimate of drug-likeness (QED) is 0.605. The van der Waals surface area contributed by atoms with Crippen LogP contribution in [0, 0.1) is 20.8 Å². The van der Waals surface area contributed by atoms with Gasteiger partial charge in [-0.05, 0) is 55.8 Å². The summed E-state index contributed by atoms with van der Waals surface area (Å²) in [6, 6.07) is 18.3. The Morgan fingerprint density at radius 2 is 1.63 bits per heavy atom. The van der Waals surface area contributed by atoms with Crippen LogP contribution in [0.5, 0.6) is 0 Å². The minimum atomic E-state index is -0.336. The summed E-state index contributed by atoms with van der Waals surface area (Å²) in [6.07, 6.45) is 0. The Morgan fingerprint density at radius 3 is 2.22 bits per heavy atom. The lowest BCUT2D eigenvalue weighted by Crippen LogP contribution is -2.40. The SMILES string of the molecule is Cc1cc(C)c(NC(=O)[C@@H](C)N[C@H](c2ccccc2)c2cccs2)c(C)c1. The van der Waals surface area contributed by atoms with E-state index in [2.05, 4.69) is 53.3 Å². The van der Waals surface area contributed by atoms with Crippen LogP contribution in [0.2, 0.25) is 0 Å². The van der Waals surface area contributed by atoms with Crippen molar-refractivity contribution in [3.05, 3.63) is 87.1 Å². The standard InChI is InChI=1S/C23H26N2OS/c1-15-13-16(2)21(17(3)14-15)25-23(26)18(4)24-22(20-11-8-12-27-20)19-9-6-5-7-10-19/h5-14,18,22,24H,1-4H3,(H,25,26)/t18-,22-/m1/s1.